The van der Waals surface area contributed by atoms with Crippen LogP contribution in [0.5, 0.6) is 0 Å². The predicted octanol–water partition coefficient (Wildman–Crippen LogP) is 3.01. The first-order chi connectivity index (χ1) is 6.70. The zero-order chi connectivity index (χ0) is 10.1. The van der Waals surface area contributed by atoms with E-state index in [4.69, 9.17) is 5.73 Å². The summed E-state index contributed by atoms with van der Waals surface area (Å²) in [5, 5.41) is 0. The van der Waals surface area contributed by atoms with Crippen molar-refractivity contribution >= 4 is 0 Å². The second-order valence-electron chi connectivity index (χ2n) is 4.63. The Balaban J connectivity index is 2.32. The monoisotopic (exact) mass is 189 g/mol. The Kier molecular flexibility index (Phi) is 2.60. The molecule has 1 aromatic carbocycles. The highest BCUT2D eigenvalue weighted by Crippen LogP contribution is 2.38. The van der Waals surface area contributed by atoms with Gasteiger partial charge in [0.05, 0.1) is 0 Å². The van der Waals surface area contributed by atoms with Gasteiger partial charge in [-0.05, 0) is 35.8 Å². The highest BCUT2D eigenvalue weighted by Gasteiger charge is 2.30. The zero-order valence-corrected chi connectivity index (χ0v) is 9.03. The highest BCUT2D eigenvalue weighted by atomic mass is 14.7. The molecular formula is C13H19N. The minimum Gasteiger partial charge on any atom is -0.327 e. The molecule has 0 bridgehead atoms. The summed E-state index contributed by atoms with van der Waals surface area (Å²) in [7, 11) is 0. The smallest absolute Gasteiger partial charge is 0.0108 e. The lowest BCUT2D eigenvalue weighted by atomic mass is 9.73. The molecule has 0 saturated heterocycles. The molecule has 76 valence electrons. The third-order valence-corrected chi connectivity index (χ3v) is 3.35. The molecule has 1 aliphatic carbocycles. The number of hydrogen-bond donors (Lipinski definition) is 1. The van der Waals surface area contributed by atoms with Crippen LogP contribution in [0.25, 0.3) is 0 Å². The van der Waals surface area contributed by atoms with Gasteiger partial charge in [0, 0.05) is 6.04 Å². The molecule has 2 rings (SSSR count). The van der Waals surface area contributed by atoms with Crippen LogP contribution in [-0.4, -0.2) is 6.04 Å². The largest absolute Gasteiger partial charge is 0.327 e. The van der Waals surface area contributed by atoms with Gasteiger partial charge in [0.2, 0.25) is 0 Å². The quantitative estimate of drug-likeness (QED) is 0.760. The molecule has 0 amide bonds. The average Bonchev–Trinajstić information content (AvgIpc) is 2.16. The van der Waals surface area contributed by atoms with Crippen molar-refractivity contribution < 1.29 is 0 Å². The number of rotatable bonds is 2. The molecule has 0 spiro atoms. The van der Waals surface area contributed by atoms with Gasteiger partial charge in [-0.1, -0.05) is 38.1 Å². The van der Waals surface area contributed by atoms with E-state index >= 15 is 0 Å². The molecule has 1 aromatic rings. The highest BCUT2D eigenvalue weighted by molar-refractivity contribution is 5.35. The lowest BCUT2D eigenvalue weighted by molar-refractivity contribution is 0.344. The van der Waals surface area contributed by atoms with Crippen molar-refractivity contribution in [3.63, 3.8) is 0 Å². The van der Waals surface area contributed by atoms with Gasteiger partial charge in [-0.3, -0.25) is 0 Å². The summed E-state index contributed by atoms with van der Waals surface area (Å²) in [5.41, 5.74) is 8.99. The van der Waals surface area contributed by atoms with Crippen LogP contribution in [0.15, 0.2) is 24.3 Å². The average molecular weight is 189 g/mol. The second kappa shape index (κ2) is 3.74. The van der Waals surface area contributed by atoms with Crippen molar-refractivity contribution in [2.45, 2.75) is 44.6 Å². The molecule has 0 aromatic heterocycles. The third kappa shape index (κ3) is 1.57. The van der Waals surface area contributed by atoms with E-state index in [0.717, 1.165) is 0 Å². The van der Waals surface area contributed by atoms with Crippen LogP contribution in [0.4, 0.5) is 0 Å². The van der Waals surface area contributed by atoms with Crippen LogP contribution >= 0.6 is 0 Å². The molecule has 1 saturated carbocycles. The SMILES string of the molecule is CC(C)c1ccccc1C1CCC1N. The Labute approximate surface area is 86.3 Å². The van der Waals surface area contributed by atoms with Gasteiger partial charge in [-0.25, -0.2) is 0 Å². The first kappa shape index (κ1) is 9.72. The van der Waals surface area contributed by atoms with E-state index in [0.29, 0.717) is 17.9 Å². The maximum absolute atomic E-state index is 6.02. The Morgan fingerprint density at radius 1 is 1.21 bits per heavy atom. The number of nitrogens with two attached hydrogens (primary N) is 1. The molecule has 2 N–H and O–H groups in total. The van der Waals surface area contributed by atoms with E-state index in [1.54, 1.807) is 0 Å². The fourth-order valence-corrected chi connectivity index (χ4v) is 2.29. The fourth-order valence-electron chi connectivity index (χ4n) is 2.29. The lowest BCUT2D eigenvalue weighted by Crippen LogP contribution is -2.37. The Bertz CT molecular complexity index is 317. The van der Waals surface area contributed by atoms with E-state index in [9.17, 15) is 0 Å². The van der Waals surface area contributed by atoms with Crippen molar-refractivity contribution in [1.29, 1.82) is 0 Å². The fraction of sp³-hybridized carbons (Fsp3) is 0.538. The molecule has 0 aliphatic heterocycles. The molecule has 1 fully saturated rings. The minimum absolute atomic E-state index is 0.398. The van der Waals surface area contributed by atoms with E-state index in [1.165, 1.54) is 24.0 Å². The van der Waals surface area contributed by atoms with Crippen molar-refractivity contribution in [2.24, 2.45) is 5.73 Å². The topological polar surface area (TPSA) is 26.0 Å². The molecule has 2 unspecified atom stereocenters. The van der Waals surface area contributed by atoms with Crippen molar-refractivity contribution in [2.75, 3.05) is 0 Å². The van der Waals surface area contributed by atoms with Gasteiger partial charge in [-0.15, -0.1) is 0 Å². The Hall–Kier alpha value is -0.820. The van der Waals surface area contributed by atoms with Crippen LogP contribution in [0.1, 0.15) is 49.7 Å². The summed E-state index contributed by atoms with van der Waals surface area (Å²) in [6.45, 7) is 4.51. The van der Waals surface area contributed by atoms with E-state index in [1.807, 2.05) is 0 Å². The van der Waals surface area contributed by atoms with Crippen LogP contribution in [0.3, 0.4) is 0 Å². The molecule has 1 heteroatoms. The third-order valence-electron chi connectivity index (χ3n) is 3.35. The maximum atomic E-state index is 6.02. The first-order valence-corrected chi connectivity index (χ1v) is 5.54. The summed E-state index contributed by atoms with van der Waals surface area (Å²) >= 11 is 0. The molecule has 1 aliphatic rings. The molecule has 1 nitrogen and oxygen atoms in total. The zero-order valence-electron chi connectivity index (χ0n) is 9.03. The van der Waals surface area contributed by atoms with Crippen LogP contribution in [0, 0.1) is 0 Å². The standard InChI is InChI=1S/C13H19N/c1-9(2)10-5-3-4-6-11(10)12-7-8-13(12)14/h3-6,9,12-13H,7-8,14H2,1-2H3. The van der Waals surface area contributed by atoms with Crippen LogP contribution < -0.4 is 5.73 Å². The normalized spacial score (nSPS) is 26.3. The summed E-state index contributed by atoms with van der Waals surface area (Å²) in [5.74, 6) is 1.23. The molecular weight excluding hydrogens is 170 g/mol. The second-order valence-corrected chi connectivity index (χ2v) is 4.63. The van der Waals surface area contributed by atoms with Crippen LogP contribution in [-0.2, 0) is 0 Å². The summed E-state index contributed by atoms with van der Waals surface area (Å²) in [6, 6.07) is 9.15. The predicted molar refractivity (Wildman–Crippen MR) is 60.5 cm³/mol. The molecule has 2 atom stereocenters. The lowest BCUT2D eigenvalue weighted by Gasteiger charge is -2.35. The summed E-state index contributed by atoms with van der Waals surface area (Å²) in [6.07, 6.45) is 2.46. The van der Waals surface area contributed by atoms with Crippen molar-refractivity contribution in [3.05, 3.63) is 35.4 Å². The summed E-state index contributed by atoms with van der Waals surface area (Å²) in [4.78, 5) is 0. The van der Waals surface area contributed by atoms with Crippen molar-refractivity contribution in [3.8, 4) is 0 Å². The molecule has 0 radical (unpaired) electrons. The Morgan fingerprint density at radius 3 is 2.43 bits per heavy atom. The van der Waals surface area contributed by atoms with Gasteiger partial charge in [0.1, 0.15) is 0 Å². The van der Waals surface area contributed by atoms with Gasteiger partial charge in [0.25, 0.3) is 0 Å². The number of benzene rings is 1. The summed E-state index contributed by atoms with van der Waals surface area (Å²) < 4.78 is 0. The maximum Gasteiger partial charge on any atom is 0.0108 e. The molecule has 14 heavy (non-hydrogen) atoms. The first-order valence-electron chi connectivity index (χ1n) is 5.54. The van der Waals surface area contributed by atoms with E-state index in [-0.39, 0.29) is 0 Å². The Morgan fingerprint density at radius 2 is 1.93 bits per heavy atom. The van der Waals surface area contributed by atoms with Gasteiger partial charge in [-0.2, -0.15) is 0 Å². The molecule has 0 heterocycles. The van der Waals surface area contributed by atoms with Gasteiger partial charge >= 0.3 is 0 Å². The van der Waals surface area contributed by atoms with Crippen LogP contribution in [0.2, 0.25) is 0 Å². The minimum atomic E-state index is 0.398. The van der Waals surface area contributed by atoms with Gasteiger partial charge in [0.15, 0.2) is 0 Å². The van der Waals surface area contributed by atoms with Gasteiger partial charge < -0.3 is 5.73 Å². The van der Waals surface area contributed by atoms with E-state index in [2.05, 4.69) is 38.1 Å². The number of hydrogen-bond acceptors (Lipinski definition) is 1. The van der Waals surface area contributed by atoms with Crippen molar-refractivity contribution in [1.82, 2.24) is 0 Å². The van der Waals surface area contributed by atoms with E-state index < -0.39 is 0 Å².